The Morgan fingerprint density at radius 1 is 1.27 bits per heavy atom. The fourth-order valence-electron chi connectivity index (χ4n) is 1.71. The van der Waals surface area contributed by atoms with Crippen LogP contribution >= 0.6 is 35.1 Å². The second-order valence-corrected chi connectivity index (χ2v) is 7.38. The van der Waals surface area contributed by atoms with Gasteiger partial charge in [0.05, 0.1) is 11.6 Å². The van der Waals surface area contributed by atoms with Crippen LogP contribution in [0, 0.1) is 24.1 Å². The number of hydrogen-bond donors (Lipinski definition) is 0. The van der Waals surface area contributed by atoms with Crippen LogP contribution in [-0.2, 0) is 0 Å². The third kappa shape index (κ3) is 4.16. The lowest BCUT2D eigenvalue weighted by Crippen LogP contribution is -1.91. The summed E-state index contributed by atoms with van der Waals surface area (Å²) >= 11 is 3.75. The van der Waals surface area contributed by atoms with Crippen LogP contribution in [0.5, 0.6) is 11.5 Å². The van der Waals surface area contributed by atoms with Gasteiger partial charge in [-0.05, 0) is 58.5 Å². The molecule has 22 heavy (non-hydrogen) atoms. The van der Waals surface area contributed by atoms with E-state index in [9.17, 15) is 12.8 Å². The lowest BCUT2D eigenvalue weighted by molar-refractivity contribution is 0.472. The Morgan fingerprint density at radius 3 is 2.64 bits per heavy atom. The Morgan fingerprint density at radius 2 is 2.00 bits per heavy atom. The van der Waals surface area contributed by atoms with Gasteiger partial charge in [0.25, 0.3) is 0 Å². The zero-order chi connectivity index (χ0) is 16.3. The predicted octanol–water partition coefficient (Wildman–Crippen LogP) is 6.82. The lowest BCUT2D eigenvalue weighted by atomic mass is 10.2. The highest BCUT2D eigenvalue weighted by molar-refractivity contribution is 9.10. The molecule has 0 heterocycles. The third-order valence-electron chi connectivity index (χ3n) is 2.70. The van der Waals surface area contributed by atoms with Crippen LogP contribution in [-0.4, -0.2) is 0 Å². The number of halogens is 4. The molecule has 0 atom stereocenters. The zero-order valence-electron chi connectivity index (χ0n) is 11.1. The summed E-state index contributed by atoms with van der Waals surface area (Å²) in [4.78, 5) is 0.415. The fourth-order valence-corrected chi connectivity index (χ4v) is 4.07. The van der Waals surface area contributed by atoms with Gasteiger partial charge in [-0.25, -0.2) is 4.39 Å². The van der Waals surface area contributed by atoms with Gasteiger partial charge in [0.2, 0.25) is 0 Å². The summed E-state index contributed by atoms with van der Waals surface area (Å²) < 4.78 is 44.5. The summed E-state index contributed by atoms with van der Waals surface area (Å²) in [6.45, 7) is 1.70. The minimum Gasteiger partial charge on any atom is -0.457 e. The number of nitriles is 1. The first-order chi connectivity index (χ1) is 10.4. The summed E-state index contributed by atoms with van der Waals surface area (Å²) in [7, 11) is -3.11. The van der Waals surface area contributed by atoms with Gasteiger partial charge in [-0.2, -0.15) is 13.7 Å². The topological polar surface area (TPSA) is 33.0 Å². The molecule has 0 bridgehead atoms. The van der Waals surface area contributed by atoms with Crippen LogP contribution in [0.4, 0.5) is 12.8 Å². The fraction of sp³-hybridized carbons (Fsp3) is 0.0714. The highest BCUT2D eigenvalue weighted by atomic mass is 79.9. The van der Waals surface area contributed by atoms with Crippen molar-refractivity contribution in [2.24, 2.45) is 0 Å². The minimum absolute atomic E-state index is 0.138. The molecule has 0 aliphatic heterocycles. The molecule has 0 N–H and O–H groups in total. The number of ether oxygens (including phenoxy) is 1. The van der Waals surface area contributed by atoms with E-state index in [1.54, 1.807) is 6.92 Å². The van der Waals surface area contributed by atoms with Crippen molar-refractivity contribution in [1.29, 1.82) is 5.26 Å². The largest absolute Gasteiger partial charge is 0.457 e. The van der Waals surface area contributed by atoms with Gasteiger partial charge in [0, 0.05) is 21.0 Å². The Balaban J connectivity index is 2.33. The van der Waals surface area contributed by atoms with Crippen LogP contribution in [0.3, 0.4) is 0 Å². The number of benzene rings is 2. The van der Waals surface area contributed by atoms with Crippen molar-refractivity contribution in [3.05, 3.63) is 51.7 Å². The molecule has 8 heteroatoms. The van der Waals surface area contributed by atoms with Crippen LogP contribution < -0.4 is 4.74 Å². The van der Waals surface area contributed by atoms with Gasteiger partial charge in [-0.1, -0.05) is 0 Å². The van der Waals surface area contributed by atoms with E-state index < -0.39 is 13.6 Å². The smallest absolute Gasteiger partial charge is 0.332 e. The monoisotopic (exact) mass is 405 g/mol. The van der Waals surface area contributed by atoms with Crippen molar-refractivity contribution in [2.75, 3.05) is 0 Å². The standard InChI is InChI=1S/C14H8BrF3NOPS/c1-8-12(2-3-13(14(8)15)22-21(17)18)20-11-5-9(7-19)4-10(16)6-11/h2-6H,1H3. The van der Waals surface area contributed by atoms with E-state index >= 15 is 0 Å². The van der Waals surface area contributed by atoms with E-state index in [0.29, 0.717) is 32.1 Å². The molecule has 2 aromatic rings. The lowest BCUT2D eigenvalue weighted by Gasteiger charge is -2.13. The molecular formula is C14H8BrF3NOPS. The maximum atomic E-state index is 13.4. The van der Waals surface area contributed by atoms with Crippen LogP contribution in [0.15, 0.2) is 39.7 Å². The molecule has 0 unspecified atom stereocenters. The molecule has 2 rings (SSSR count). The Bertz CT molecular complexity index is 752. The summed E-state index contributed by atoms with van der Waals surface area (Å²) in [5, 5.41) is 8.82. The van der Waals surface area contributed by atoms with Crippen molar-refractivity contribution in [3.63, 3.8) is 0 Å². The average molecular weight is 406 g/mol. The molecule has 0 amide bonds. The number of rotatable bonds is 4. The molecule has 0 saturated carbocycles. The van der Waals surface area contributed by atoms with Crippen molar-refractivity contribution >= 4 is 35.1 Å². The normalized spacial score (nSPS) is 10.6. The van der Waals surface area contributed by atoms with Gasteiger partial charge >= 0.3 is 7.74 Å². The highest BCUT2D eigenvalue weighted by Gasteiger charge is 2.15. The number of hydrogen-bond acceptors (Lipinski definition) is 3. The maximum absolute atomic E-state index is 13.4. The highest BCUT2D eigenvalue weighted by Crippen LogP contribution is 2.58. The quantitative estimate of drug-likeness (QED) is 0.523. The minimum atomic E-state index is -3.11. The van der Waals surface area contributed by atoms with E-state index in [1.165, 1.54) is 18.2 Å². The number of nitrogens with zero attached hydrogens (tertiary/aromatic N) is 1. The molecule has 0 spiro atoms. The van der Waals surface area contributed by atoms with Crippen molar-refractivity contribution in [3.8, 4) is 17.6 Å². The molecule has 0 aliphatic rings. The van der Waals surface area contributed by atoms with Crippen LogP contribution in [0.1, 0.15) is 11.1 Å². The van der Waals surface area contributed by atoms with E-state index in [2.05, 4.69) is 15.9 Å². The van der Waals surface area contributed by atoms with Crippen LogP contribution in [0.2, 0.25) is 0 Å². The molecule has 0 fully saturated rings. The third-order valence-corrected chi connectivity index (χ3v) is 5.66. The molecule has 0 saturated heterocycles. The van der Waals surface area contributed by atoms with Gasteiger partial charge < -0.3 is 4.74 Å². The second kappa shape index (κ2) is 7.36. The molecule has 0 aromatic heterocycles. The molecule has 0 aliphatic carbocycles. The summed E-state index contributed by atoms with van der Waals surface area (Å²) in [5.74, 6) is -0.0172. The Labute approximate surface area is 139 Å². The van der Waals surface area contributed by atoms with Crippen LogP contribution in [0.25, 0.3) is 0 Å². The van der Waals surface area contributed by atoms with Gasteiger partial charge in [-0.15, -0.1) is 0 Å². The maximum Gasteiger partial charge on any atom is 0.332 e. The first kappa shape index (κ1) is 17.1. The van der Waals surface area contributed by atoms with Crippen molar-refractivity contribution in [2.45, 2.75) is 11.8 Å². The van der Waals surface area contributed by atoms with Crippen molar-refractivity contribution in [1.82, 2.24) is 0 Å². The Kier molecular flexibility index (Phi) is 5.74. The van der Waals surface area contributed by atoms with E-state index in [-0.39, 0.29) is 11.3 Å². The molecular weight excluding hydrogens is 398 g/mol. The van der Waals surface area contributed by atoms with E-state index in [0.717, 1.165) is 12.1 Å². The molecule has 0 radical (unpaired) electrons. The SMILES string of the molecule is Cc1c(Oc2cc(F)cc(C#N)c2)ccc(SP(F)F)c1Br. The van der Waals surface area contributed by atoms with Gasteiger partial charge in [-0.3, -0.25) is 0 Å². The van der Waals surface area contributed by atoms with E-state index in [1.807, 2.05) is 6.07 Å². The first-order valence-electron chi connectivity index (χ1n) is 5.88. The molecule has 2 nitrogen and oxygen atoms in total. The van der Waals surface area contributed by atoms with Crippen molar-refractivity contribution < 1.29 is 17.5 Å². The summed E-state index contributed by atoms with van der Waals surface area (Å²) in [6, 6.07) is 8.54. The van der Waals surface area contributed by atoms with Gasteiger partial charge in [0.1, 0.15) is 17.3 Å². The first-order valence-corrected chi connectivity index (χ1v) is 9.22. The second-order valence-electron chi connectivity index (χ2n) is 4.18. The summed E-state index contributed by atoms with van der Waals surface area (Å²) in [6.07, 6.45) is 0. The zero-order valence-corrected chi connectivity index (χ0v) is 14.4. The van der Waals surface area contributed by atoms with Gasteiger partial charge in [0.15, 0.2) is 0 Å². The molecule has 2 aromatic carbocycles. The summed E-state index contributed by atoms with van der Waals surface area (Å²) in [5.41, 5.74) is 0.754. The molecule has 114 valence electrons. The Hall–Kier alpha value is -1.22. The average Bonchev–Trinajstić information content (AvgIpc) is 2.46. The predicted molar refractivity (Wildman–Crippen MR) is 85.1 cm³/mol. The van der Waals surface area contributed by atoms with E-state index in [4.69, 9.17) is 10.00 Å².